The lowest BCUT2D eigenvalue weighted by molar-refractivity contribution is -0.137. The highest BCUT2D eigenvalue weighted by Crippen LogP contribution is 2.30. The lowest BCUT2D eigenvalue weighted by Crippen LogP contribution is -2.33. The number of nitrogens with zero attached hydrogens (tertiary/aromatic N) is 3. The summed E-state index contributed by atoms with van der Waals surface area (Å²) in [6.07, 6.45) is 2.04. The first-order valence-electron chi connectivity index (χ1n) is 12.0. The highest BCUT2D eigenvalue weighted by molar-refractivity contribution is 5.92. The zero-order chi connectivity index (χ0) is 25.7. The van der Waals surface area contributed by atoms with Crippen molar-refractivity contribution in [3.05, 3.63) is 65.7 Å². The van der Waals surface area contributed by atoms with E-state index in [1.165, 1.54) is 24.3 Å². The number of fused-ring (bicyclic) bond motifs is 1. The summed E-state index contributed by atoms with van der Waals surface area (Å²) in [4.78, 5) is 23.6. The van der Waals surface area contributed by atoms with Crippen molar-refractivity contribution < 1.29 is 18.0 Å². The predicted octanol–water partition coefficient (Wildman–Crippen LogP) is 5.51. The van der Waals surface area contributed by atoms with Gasteiger partial charge in [-0.2, -0.15) is 18.2 Å². The molecule has 6 nitrogen and oxygen atoms in total. The second-order valence-electron chi connectivity index (χ2n) is 9.35. The number of para-hydroxylation sites is 1. The van der Waals surface area contributed by atoms with Gasteiger partial charge in [0.15, 0.2) is 0 Å². The molecule has 1 amide bonds. The number of alkyl halides is 3. The molecular weight excluding hydrogens is 467 g/mol. The molecule has 190 valence electrons. The number of rotatable bonds is 7. The van der Waals surface area contributed by atoms with Gasteiger partial charge in [-0.05, 0) is 67.5 Å². The average molecular weight is 498 g/mol. The number of hydrogen-bond acceptors (Lipinski definition) is 5. The number of carbonyl (C=O) groups is 1. The molecule has 2 N–H and O–H groups in total. The molecule has 1 aliphatic carbocycles. The van der Waals surface area contributed by atoms with E-state index in [9.17, 15) is 18.0 Å². The Bertz CT molecular complexity index is 1230. The zero-order valence-corrected chi connectivity index (χ0v) is 20.3. The largest absolute Gasteiger partial charge is 0.416 e. The Labute approximate surface area is 208 Å². The SMILES string of the molecule is CN(C)c1nc(N[C@H]2CC[C@@H](CNC(=O)/C=C/c3cccc(C(F)(F)F)c3)CC2)nc2ccccc12. The molecule has 1 aromatic heterocycles. The van der Waals surface area contributed by atoms with Crippen LogP contribution in [0.2, 0.25) is 0 Å². The number of benzene rings is 2. The lowest BCUT2D eigenvalue weighted by atomic mass is 9.86. The molecule has 0 spiro atoms. The zero-order valence-electron chi connectivity index (χ0n) is 20.3. The Balaban J connectivity index is 1.26. The van der Waals surface area contributed by atoms with Gasteiger partial charge in [0.05, 0.1) is 11.1 Å². The first kappa shape index (κ1) is 25.5. The van der Waals surface area contributed by atoms with Crippen LogP contribution in [0.3, 0.4) is 0 Å². The molecule has 36 heavy (non-hydrogen) atoms. The van der Waals surface area contributed by atoms with Gasteiger partial charge < -0.3 is 15.5 Å². The summed E-state index contributed by atoms with van der Waals surface area (Å²) in [7, 11) is 3.93. The van der Waals surface area contributed by atoms with Crippen LogP contribution in [0, 0.1) is 5.92 Å². The van der Waals surface area contributed by atoms with E-state index in [-0.39, 0.29) is 11.9 Å². The second kappa shape index (κ2) is 11.0. The average Bonchev–Trinajstić information content (AvgIpc) is 2.86. The van der Waals surface area contributed by atoms with Gasteiger partial charge >= 0.3 is 6.18 Å². The Hall–Kier alpha value is -3.62. The van der Waals surface area contributed by atoms with E-state index in [1.54, 1.807) is 0 Å². The van der Waals surface area contributed by atoms with Crippen LogP contribution in [-0.2, 0) is 11.0 Å². The van der Waals surface area contributed by atoms with Crippen LogP contribution in [0.4, 0.5) is 24.9 Å². The number of aromatic nitrogens is 2. The number of carbonyl (C=O) groups excluding carboxylic acids is 1. The molecule has 0 saturated heterocycles. The molecule has 4 rings (SSSR count). The molecule has 0 atom stereocenters. The van der Waals surface area contributed by atoms with Crippen LogP contribution in [0.15, 0.2) is 54.6 Å². The number of anilines is 2. The minimum absolute atomic E-state index is 0.258. The third-order valence-electron chi connectivity index (χ3n) is 6.39. The Morgan fingerprint density at radius 3 is 2.53 bits per heavy atom. The number of nitrogens with one attached hydrogen (secondary N) is 2. The molecule has 9 heteroatoms. The van der Waals surface area contributed by atoms with Gasteiger partial charge in [0, 0.05) is 38.1 Å². The van der Waals surface area contributed by atoms with E-state index in [2.05, 4.69) is 15.6 Å². The van der Waals surface area contributed by atoms with Crippen molar-refractivity contribution in [1.82, 2.24) is 15.3 Å². The summed E-state index contributed by atoms with van der Waals surface area (Å²) in [6, 6.07) is 13.1. The first-order chi connectivity index (χ1) is 17.2. The first-order valence-corrected chi connectivity index (χ1v) is 12.0. The number of hydrogen-bond donors (Lipinski definition) is 2. The Morgan fingerprint density at radius 1 is 1.06 bits per heavy atom. The number of halogens is 3. The smallest absolute Gasteiger partial charge is 0.362 e. The standard InChI is InChI=1S/C27H30F3N5O/c1-35(2)25-22-8-3-4-9-23(22)33-26(34-25)32-21-13-10-19(11-14-21)17-31-24(36)15-12-18-6-5-7-20(16-18)27(28,29)30/h3-9,12,15-16,19,21H,10-11,13-14,17H2,1-2H3,(H,31,36)(H,32,33,34)/b15-12+/t19-,21+. The van der Waals surface area contributed by atoms with Crippen molar-refractivity contribution in [3.63, 3.8) is 0 Å². The van der Waals surface area contributed by atoms with Gasteiger partial charge in [-0.1, -0.05) is 24.3 Å². The fourth-order valence-electron chi connectivity index (χ4n) is 4.45. The van der Waals surface area contributed by atoms with Crippen LogP contribution >= 0.6 is 0 Å². The fourth-order valence-corrected chi connectivity index (χ4v) is 4.45. The normalized spacial score (nSPS) is 18.4. The Kier molecular flexibility index (Phi) is 7.76. The summed E-state index contributed by atoms with van der Waals surface area (Å²) >= 11 is 0. The van der Waals surface area contributed by atoms with Crippen LogP contribution in [0.1, 0.15) is 36.8 Å². The van der Waals surface area contributed by atoms with Crippen molar-refractivity contribution >= 4 is 34.7 Å². The molecular formula is C27H30F3N5O. The maximum Gasteiger partial charge on any atom is 0.416 e. The lowest BCUT2D eigenvalue weighted by Gasteiger charge is -2.29. The molecule has 0 aliphatic heterocycles. The highest BCUT2D eigenvalue weighted by Gasteiger charge is 2.30. The van der Waals surface area contributed by atoms with Gasteiger partial charge in [0.25, 0.3) is 0 Å². The van der Waals surface area contributed by atoms with Crippen molar-refractivity contribution in [2.24, 2.45) is 5.92 Å². The Morgan fingerprint density at radius 2 is 1.81 bits per heavy atom. The number of amides is 1. The van der Waals surface area contributed by atoms with Crippen molar-refractivity contribution in [2.45, 2.75) is 37.9 Å². The van der Waals surface area contributed by atoms with E-state index in [4.69, 9.17) is 4.98 Å². The molecule has 0 bridgehead atoms. The minimum Gasteiger partial charge on any atom is -0.362 e. The summed E-state index contributed by atoms with van der Waals surface area (Å²) in [5.41, 5.74) is 0.496. The molecule has 1 saturated carbocycles. The maximum atomic E-state index is 12.8. The van der Waals surface area contributed by atoms with Gasteiger partial charge in [0.1, 0.15) is 5.82 Å². The second-order valence-corrected chi connectivity index (χ2v) is 9.35. The quantitative estimate of drug-likeness (QED) is 0.421. The van der Waals surface area contributed by atoms with Gasteiger partial charge in [-0.3, -0.25) is 4.79 Å². The van der Waals surface area contributed by atoms with E-state index in [1.807, 2.05) is 43.3 Å². The summed E-state index contributed by atoms with van der Waals surface area (Å²) in [6.45, 7) is 0.537. The molecule has 3 aromatic rings. The van der Waals surface area contributed by atoms with Crippen LogP contribution in [0.5, 0.6) is 0 Å². The monoisotopic (exact) mass is 497 g/mol. The maximum absolute atomic E-state index is 12.8. The molecule has 0 unspecified atom stereocenters. The van der Waals surface area contributed by atoms with Crippen LogP contribution < -0.4 is 15.5 Å². The van der Waals surface area contributed by atoms with Gasteiger partial charge in [-0.25, -0.2) is 4.98 Å². The molecule has 1 heterocycles. The fraction of sp³-hybridized carbons (Fsp3) is 0.370. The van der Waals surface area contributed by atoms with E-state index < -0.39 is 11.7 Å². The third-order valence-corrected chi connectivity index (χ3v) is 6.39. The van der Waals surface area contributed by atoms with Crippen molar-refractivity contribution in [3.8, 4) is 0 Å². The van der Waals surface area contributed by atoms with Gasteiger partial charge in [-0.15, -0.1) is 0 Å². The highest BCUT2D eigenvalue weighted by atomic mass is 19.4. The van der Waals surface area contributed by atoms with E-state index in [0.717, 1.165) is 54.5 Å². The van der Waals surface area contributed by atoms with Crippen LogP contribution in [0.25, 0.3) is 17.0 Å². The van der Waals surface area contributed by atoms with Crippen molar-refractivity contribution in [1.29, 1.82) is 0 Å². The predicted molar refractivity (Wildman–Crippen MR) is 137 cm³/mol. The molecule has 2 aromatic carbocycles. The van der Waals surface area contributed by atoms with Gasteiger partial charge in [0.2, 0.25) is 11.9 Å². The van der Waals surface area contributed by atoms with E-state index in [0.29, 0.717) is 24.0 Å². The summed E-state index contributed by atoms with van der Waals surface area (Å²) in [5.74, 6) is 1.53. The van der Waals surface area contributed by atoms with Crippen LogP contribution in [-0.4, -0.2) is 42.6 Å². The summed E-state index contributed by atoms with van der Waals surface area (Å²) < 4.78 is 38.5. The van der Waals surface area contributed by atoms with Crippen molar-refractivity contribution in [2.75, 3.05) is 30.9 Å². The molecule has 1 fully saturated rings. The summed E-state index contributed by atoms with van der Waals surface area (Å²) in [5, 5.41) is 7.36. The molecule has 1 aliphatic rings. The minimum atomic E-state index is -4.41. The van der Waals surface area contributed by atoms with E-state index >= 15 is 0 Å². The third kappa shape index (κ3) is 6.53. The molecule has 0 radical (unpaired) electrons. The topological polar surface area (TPSA) is 70.2 Å².